The molecule has 7 heteroatoms. The van der Waals surface area contributed by atoms with Crippen molar-refractivity contribution in [2.24, 2.45) is 11.7 Å². The van der Waals surface area contributed by atoms with Crippen LogP contribution in [0.3, 0.4) is 0 Å². The average molecular weight is 286 g/mol. The second kappa shape index (κ2) is 4.34. The van der Waals surface area contributed by atoms with Crippen LogP contribution in [0.15, 0.2) is 10.8 Å². The number of anilines is 2. The van der Waals surface area contributed by atoms with Crippen molar-refractivity contribution in [3.05, 3.63) is 10.8 Å². The lowest BCUT2D eigenvalue weighted by Gasteiger charge is -2.16. The molecule has 0 saturated carbocycles. The van der Waals surface area contributed by atoms with E-state index < -0.39 is 0 Å². The molecule has 1 unspecified atom stereocenters. The van der Waals surface area contributed by atoms with E-state index in [0.29, 0.717) is 29.9 Å². The van der Waals surface area contributed by atoms with Crippen molar-refractivity contribution in [2.45, 2.75) is 6.42 Å². The molecule has 1 aliphatic rings. The van der Waals surface area contributed by atoms with Crippen LogP contribution >= 0.6 is 15.9 Å². The Balaban J connectivity index is 2.30. The summed E-state index contributed by atoms with van der Waals surface area (Å²) < 4.78 is 0.556. The first kappa shape index (κ1) is 11.3. The number of rotatable bonds is 2. The molecule has 0 bridgehead atoms. The molecule has 0 aromatic carbocycles. The molecular weight excluding hydrogens is 274 g/mol. The third kappa shape index (κ3) is 2.00. The van der Waals surface area contributed by atoms with E-state index in [9.17, 15) is 4.79 Å². The summed E-state index contributed by atoms with van der Waals surface area (Å²) in [5.41, 5.74) is 11.2. The highest BCUT2D eigenvalue weighted by atomic mass is 79.9. The summed E-state index contributed by atoms with van der Waals surface area (Å²) in [7, 11) is 0. The van der Waals surface area contributed by atoms with Gasteiger partial charge in [0.15, 0.2) is 11.6 Å². The molecule has 2 heterocycles. The minimum Gasteiger partial charge on any atom is -0.381 e. The van der Waals surface area contributed by atoms with Gasteiger partial charge >= 0.3 is 0 Å². The van der Waals surface area contributed by atoms with Gasteiger partial charge in [0.2, 0.25) is 5.91 Å². The Bertz CT molecular complexity index is 424. The fourth-order valence-corrected chi connectivity index (χ4v) is 1.98. The van der Waals surface area contributed by atoms with E-state index in [1.54, 1.807) is 4.90 Å². The van der Waals surface area contributed by atoms with Gasteiger partial charge in [0, 0.05) is 13.0 Å². The van der Waals surface area contributed by atoms with E-state index in [1.807, 2.05) is 0 Å². The van der Waals surface area contributed by atoms with Gasteiger partial charge in [-0.1, -0.05) is 0 Å². The number of carbonyl (C=O) groups excluding carboxylic acids is 1. The van der Waals surface area contributed by atoms with Crippen LogP contribution < -0.4 is 16.4 Å². The van der Waals surface area contributed by atoms with Crippen LogP contribution in [0.4, 0.5) is 11.6 Å². The monoisotopic (exact) mass is 285 g/mol. The number of hydrogen-bond acceptors (Lipinski definition) is 5. The predicted molar refractivity (Wildman–Crippen MR) is 63.7 cm³/mol. The number of aromatic nitrogens is 2. The van der Waals surface area contributed by atoms with Gasteiger partial charge in [-0.15, -0.1) is 0 Å². The third-order valence-electron chi connectivity index (χ3n) is 2.55. The van der Waals surface area contributed by atoms with Gasteiger partial charge in [-0.3, -0.25) is 9.69 Å². The van der Waals surface area contributed by atoms with Crippen LogP contribution in [0, 0.1) is 5.92 Å². The number of nitrogens with zero attached hydrogens (tertiary/aromatic N) is 3. The second-order valence-corrected chi connectivity index (χ2v) is 4.52. The first-order valence-electron chi connectivity index (χ1n) is 4.90. The zero-order chi connectivity index (χ0) is 11.7. The maximum atomic E-state index is 11.7. The lowest BCUT2D eigenvalue weighted by atomic mass is 10.1. The molecule has 6 nitrogen and oxygen atoms in total. The number of nitrogens with two attached hydrogens (primary N) is 2. The van der Waals surface area contributed by atoms with Crippen LogP contribution in [0.5, 0.6) is 0 Å². The van der Waals surface area contributed by atoms with Gasteiger partial charge in [0.25, 0.3) is 0 Å². The number of carbonyl (C=O) groups is 1. The normalized spacial score (nSPS) is 20.5. The summed E-state index contributed by atoms with van der Waals surface area (Å²) in [5.74, 6) is 0.840. The van der Waals surface area contributed by atoms with Gasteiger partial charge in [0.05, 0.1) is 6.20 Å². The number of nitrogen functional groups attached to an aromatic ring is 1. The Morgan fingerprint density at radius 1 is 1.62 bits per heavy atom. The van der Waals surface area contributed by atoms with Crippen LogP contribution in [0.1, 0.15) is 6.42 Å². The average Bonchev–Trinajstić information content (AvgIpc) is 2.63. The molecule has 1 aliphatic heterocycles. The van der Waals surface area contributed by atoms with E-state index in [0.717, 1.165) is 0 Å². The molecule has 0 radical (unpaired) electrons. The molecule has 0 aliphatic carbocycles. The van der Waals surface area contributed by atoms with Crippen molar-refractivity contribution in [2.75, 3.05) is 23.7 Å². The molecule has 1 aromatic heterocycles. The summed E-state index contributed by atoms with van der Waals surface area (Å²) in [6.45, 7) is 1.05. The molecule has 16 heavy (non-hydrogen) atoms. The van der Waals surface area contributed by atoms with Crippen molar-refractivity contribution in [1.82, 2.24) is 9.97 Å². The molecule has 1 aromatic rings. The fourth-order valence-electron chi connectivity index (χ4n) is 1.71. The number of amides is 1. The Hall–Kier alpha value is -1.21. The van der Waals surface area contributed by atoms with Gasteiger partial charge in [-0.2, -0.15) is 0 Å². The zero-order valence-electron chi connectivity index (χ0n) is 8.56. The van der Waals surface area contributed by atoms with Crippen LogP contribution in [0.25, 0.3) is 0 Å². The highest BCUT2D eigenvalue weighted by Crippen LogP contribution is 2.27. The highest BCUT2D eigenvalue weighted by molar-refractivity contribution is 9.10. The molecular formula is C9H12BrN5O. The summed E-state index contributed by atoms with van der Waals surface area (Å²) in [5, 5.41) is 0. The largest absolute Gasteiger partial charge is 0.381 e. The SMILES string of the molecule is NCC1CC(=O)N(c2nc(Br)cnc2N)C1. The van der Waals surface area contributed by atoms with Crippen LogP contribution in [-0.4, -0.2) is 29.0 Å². The molecule has 4 N–H and O–H groups in total. The topological polar surface area (TPSA) is 98.1 Å². The lowest BCUT2D eigenvalue weighted by molar-refractivity contribution is -0.117. The van der Waals surface area contributed by atoms with Gasteiger partial charge < -0.3 is 11.5 Å². The minimum absolute atomic E-state index is 0.00505. The molecule has 86 valence electrons. The zero-order valence-corrected chi connectivity index (χ0v) is 10.1. The van der Waals surface area contributed by atoms with E-state index in [1.165, 1.54) is 6.20 Å². The fraction of sp³-hybridized carbons (Fsp3) is 0.444. The van der Waals surface area contributed by atoms with Crippen molar-refractivity contribution < 1.29 is 4.79 Å². The van der Waals surface area contributed by atoms with E-state index in [4.69, 9.17) is 11.5 Å². The smallest absolute Gasteiger partial charge is 0.228 e. The Morgan fingerprint density at radius 2 is 2.38 bits per heavy atom. The lowest BCUT2D eigenvalue weighted by Crippen LogP contribution is -2.28. The maximum absolute atomic E-state index is 11.7. The standard InChI is InChI=1S/C9H12BrN5O/c10-6-3-13-8(12)9(14-6)15-4-5(2-11)1-7(15)16/h3,5H,1-2,4,11H2,(H2,12,13). The van der Waals surface area contributed by atoms with Gasteiger partial charge in [-0.25, -0.2) is 9.97 Å². The molecule has 1 saturated heterocycles. The quantitative estimate of drug-likeness (QED) is 0.805. The summed E-state index contributed by atoms with van der Waals surface area (Å²) in [6, 6.07) is 0. The Labute approximate surface area is 101 Å². The van der Waals surface area contributed by atoms with Gasteiger partial charge in [0.1, 0.15) is 4.60 Å². The molecule has 1 fully saturated rings. The van der Waals surface area contributed by atoms with E-state index >= 15 is 0 Å². The predicted octanol–water partition coefficient (Wildman–Crippen LogP) is 0.133. The maximum Gasteiger partial charge on any atom is 0.228 e. The van der Waals surface area contributed by atoms with Crippen LogP contribution in [0.2, 0.25) is 0 Å². The molecule has 1 atom stereocenters. The third-order valence-corrected chi connectivity index (χ3v) is 2.93. The molecule has 0 spiro atoms. The summed E-state index contributed by atoms with van der Waals surface area (Å²) >= 11 is 3.20. The highest BCUT2D eigenvalue weighted by Gasteiger charge is 2.31. The van der Waals surface area contributed by atoms with Crippen molar-refractivity contribution in [1.29, 1.82) is 0 Å². The van der Waals surface area contributed by atoms with Gasteiger partial charge in [-0.05, 0) is 28.4 Å². The Morgan fingerprint density at radius 3 is 3.00 bits per heavy atom. The second-order valence-electron chi connectivity index (χ2n) is 3.71. The number of hydrogen-bond donors (Lipinski definition) is 2. The summed E-state index contributed by atoms with van der Waals surface area (Å²) in [4.78, 5) is 21.4. The first-order valence-corrected chi connectivity index (χ1v) is 5.69. The van der Waals surface area contributed by atoms with Crippen molar-refractivity contribution in [3.8, 4) is 0 Å². The van der Waals surface area contributed by atoms with Crippen molar-refractivity contribution >= 4 is 33.5 Å². The molecule has 1 amide bonds. The Kier molecular flexibility index (Phi) is 3.06. The van der Waals surface area contributed by atoms with Crippen LogP contribution in [-0.2, 0) is 4.79 Å². The molecule has 2 rings (SSSR count). The van der Waals surface area contributed by atoms with E-state index in [2.05, 4.69) is 25.9 Å². The minimum atomic E-state index is -0.00505. The number of halogens is 1. The summed E-state index contributed by atoms with van der Waals surface area (Å²) in [6.07, 6.45) is 1.95. The first-order chi connectivity index (χ1) is 7.61. The van der Waals surface area contributed by atoms with E-state index in [-0.39, 0.29) is 17.6 Å². The van der Waals surface area contributed by atoms with Crippen molar-refractivity contribution in [3.63, 3.8) is 0 Å².